The zero-order chi connectivity index (χ0) is 13.1. The van der Waals surface area contributed by atoms with Crippen LogP contribution in [0, 0.1) is 0 Å². The molecule has 2 atom stereocenters. The molecular formula is C13H19ClN2O2. The van der Waals surface area contributed by atoms with E-state index in [0.717, 1.165) is 18.7 Å². The lowest BCUT2D eigenvalue weighted by atomic mass is 9.98. The summed E-state index contributed by atoms with van der Waals surface area (Å²) < 4.78 is 10.9. The molecule has 0 radical (unpaired) electrons. The van der Waals surface area contributed by atoms with E-state index in [1.54, 1.807) is 7.11 Å². The molecule has 2 N–H and O–H groups in total. The zero-order valence-corrected chi connectivity index (χ0v) is 11.5. The molecule has 0 aromatic heterocycles. The van der Waals surface area contributed by atoms with Crippen molar-refractivity contribution in [2.24, 2.45) is 5.73 Å². The first-order valence-electron chi connectivity index (χ1n) is 6.02. The SMILES string of the molecule is COc1ccc(C2C(CN)OCCN2C)cc1Cl. The van der Waals surface area contributed by atoms with Gasteiger partial charge in [-0.25, -0.2) is 0 Å². The van der Waals surface area contributed by atoms with Gasteiger partial charge in [-0.3, -0.25) is 4.90 Å². The van der Waals surface area contributed by atoms with Crippen LogP contribution in [0.1, 0.15) is 11.6 Å². The van der Waals surface area contributed by atoms with Crippen LogP contribution >= 0.6 is 11.6 Å². The third kappa shape index (κ3) is 2.62. The molecule has 0 aliphatic carbocycles. The smallest absolute Gasteiger partial charge is 0.137 e. The number of rotatable bonds is 3. The van der Waals surface area contributed by atoms with Crippen molar-refractivity contribution in [3.63, 3.8) is 0 Å². The maximum Gasteiger partial charge on any atom is 0.137 e. The van der Waals surface area contributed by atoms with Gasteiger partial charge in [0, 0.05) is 13.1 Å². The van der Waals surface area contributed by atoms with Gasteiger partial charge in [0.1, 0.15) is 5.75 Å². The van der Waals surface area contributed by atoms with Gasteiger partial charge in [0.05, 0.1) is 30.9 Å². The van der Waals surface area contributed by atoms with E-state index < -0.39 is 0 Å². The molecule has 1 aromatic carbocycles. The van der Waals surface area contributed by atoms with Gasteiger partial charge in [-0.15, -0.1) is 0 Å². The number of morpholine rings is 1. The topological polar surface area (TPSA) is 47.7 Å². The standard InChI is InChI=1S/C13H19ClN2O2/c1-16-5-6-18-12(8-15)13(16)9-3-4-11(17-2)10(14)7-9/h3-4,7,12-13H,5-6,8,15H2,1-2H3. The molecule has 1 saturated heterocycles. The van der Waals surface area contributed by atoms with Gasteiger partial charge in [0.15, 0.2) is 0 Å². The van der Waals surface area contributed by atoms with Crippen molar-refractivity contribution in [3.8, 4) is 5.75 Å². The molecule has 18 heavy (non-hydrogen) atoms. The highest BCUT2D eigenvalue weighted by Gasteiger charge is 2.30. The summed E-state index contributed by atoms with van der Waals surface area (Å²) in [4.78, 5) is 2.25. The maximum atomic E-state index is 6.17. The van der Waals surface area contributed by atoms with Gasteiger partial charge in [-0.05, 0) is 24.7 Å². The normalized spacial score (nSPS) is 25.1. The maximum absolute atomic E-state index is 6.17. The highest BCUT2D eigenvalue weighted by atomic mass is 35.5. The fraction of sp³-hybridized carbons (Fsp3) is 0.538. The Hall–Kier alpha value is -0.810. The average Bonchev–Trinajstić information content (AvgIpc) is 2.38. The van der Waals surface area contributed by atoms with Crippen LogP contribution in [0.2, 0.25) is 5.02 Å². The first kappa shape index (κ1) is 13.6. The molecule has 0 amide bonds. The van der Waals surface area contributed by atoms with Crippen molar-refractivity contribution in [1.82, 2.24) is 4.90 Å². The van der Waals surface area contributed by atoms with Crippen molar-refractivity contribution in [1.29, 1.82) is 0 Å². The largest absolute Gasteiger partial charge is 0.495 e. The molecule has 2 rings (SSSR count). The Labute approximate surface area is 113 Å². The van der Waals surface area contributed by atoms with Crippen LogP contribution in [0.5, 0.6) is 5.75 Å². The highest BCUT2D eigenvalue weighted by Crippen LogP contribution is 2.33. The molecule has 1 aromatic rings. The lowest BCUT2D eigenvalue weighted by Crippen LogP contribution is -2.46. The molecule has 100 valence electrons. The number of benzene rings is 1. The molecule has 5 heteroatoms. The second kappa shape index (κ2) is 5.89. The zero-order valence-electron chi connectivity index (χ0n) is 10.7. The van der Waals surface area contributed by atoms with E-state index in [1.165, 1.54) is 0 Å². The molecule has 2 unspecified atom stereocenters. The van der Waals surface area contributed by atoms with Gasteiger partial charge < -0.3 is 15.2 Å². The Morgan fingerprint density at radius 3 is 2.94 bits per heavy atom. The van der Waals surface area contributed by atoms with Gasteiger partial charge in [0.25, 0.3) is 0 Å². The molecule has 1 aliphatic heterocycles. The molecular weight excluding hydrogens is 252 g/mol. The number of halogens is 1. The fourth-order valence-corrected chi connectivity index (χ4v) is 2.66. The molecule has 1 heterocycles. The molecule has 0 bridgehead atoms. The minimum atomic E-state index is 0.00760. The van der Waals surface area contributed by atoms with E-state index in [0.29, 0.717) is 17.3 Å². The van der Waals surface area contributed by atoms with Crippen molar-refractivity contribution in [3.05, 3.63) is 28.8 Å². The summed E-state index contributed by atoms with van der Waals surface area (Å²) in [5, 5.41) is 0.616. The second-order valence-corrected chi connectivity index (χ2v) is 4.87. The number of hydrogen-bond donors (Lipinski definition) is 1. The van der Waals surface area contributed by atoms with Gasteiger partial charge in [-0.1, -0.05) is 17.7 Å². The Kier molecular flexibility index (Phi) is 4.45. The van der Waals surface area contributed by atoms with Gasteiger partial charge in [0.2, 0.25) is 0 Å². The number of ether oxygens (including phenoxy) is 2. The predicted molar refractivity (Wildman–Crippen MR) is 72.2 cm³/mol. The van der Waals surface area contributed by atoms with Crippen LogP contribution in [-0.4, -0.2) is 44.9 Å². The van der Waals surface area contributed by atoms with E-state index in [2.05, 4.69) is 11.9 Å². The predicted octanol–water partition coefficient (Wildman–Crippen LogP) is 1.68. The monoisotopic (exact) mass is 270 g/mol. The van der Waals surface area contributed by atoms with Crippen molar-refractivity contribution < 1.29 is 9.47 Å². The summed E-state index contributed by atoms with van der Waals surface area (Å²) >= 11 is 6.17. The van der Waals surface area contributed by atoms with E-state index in [4.69, 9.17) is 26.8 Å². The number of methoxy groups -OCH3 is 1. The average molecular weight is 271 g/mol. The van der Waals surface area contributed by atoms with E-state index in [-0.39, 0.29) is 12.1 Å². The van der Waals surface area contributed by atoms with Crippen molar-refractivity contribution in [2.45, 2.75) is 12.1 Å². The molecule has 1 aliphatic rings. The Morgan fingerprint density at radius 2 is 2.33 bits per heavy atom. The van der Waals surface area contributed by atoms with Crippen LogP contribution in [0.25, 0.3) is 0 Å². The quantitative estimate of drug-likeness (QED) is 0.908. The van der Waals surface area contributed by atoms with Crippen LogP contribution in [-0.2, 0) is 4.74 Å². The number of nitrogens with two attached hydrogens (primary N) is 1. The number of nitrogens with zero attached hydrogens (tertiary/aromatic N) is 1. The van der Waals surface area contributed by atoms with Crippen LogP contribution in [0.15, 0.2) is 18.2 Å². The number of likely N-dealkylation sites (N-methyl/N-ethyl adjacent to an activating group) is 1. The lowest BCUT2D eigenvalue weighted by molar-refractivity contribution is -0.0576. The third-order valence-electron chi connectivity index (χ3n) is 3.35. The molecule has 0 spiro atoms. The van der Waals surface area contributed by atoms with Crippen LogP contribution in [0.4, 0.5) is 0 Å². The van der Waals surface area contributed by atoms with E-state index in [9.17, 15) is 0 Å². The summed E-state index contributed by atoms with van der Waals surface area (Å²) in [7, 11) is 3.69. The molecule has 4 nitrogen and oxygen atoms in total. The Balaban J connectivity index is 2.30. The third-order valence-corrected chi connectivity index (χ3v) is 3.65. The minimum Gasteiger partial charge on any atom is -0.495 e. The van der Waals surface area contributed by atoms with Crippen LogP contribution < -0.4 is 10.5 Å². The summed E-state index contributed by atoms with van der Waals surface area (Å²) in [5.41, 5.74) is 6.89. The van der Waals surface area contributed by atoms with Crippen molar-refractivity contribution in [2.75, 3.05) is 33.9 Å². The number of hydrogen-bond acceptors (Lipinski definition) is 4. The molecule has 0 saturated carbocycles. The van der Waals surface area contributed by atoms with Crippen molar-refractivity contribution >= 4 is 11.6 Å². The summed E-state index contributed by atoms with van der Waals surface area (Å²) in [6, 6.07) is 5.97. The summed E-state index contributed by atoms with van der Waals surface area (Å²) in [6.45, 7) is 2.11. The second-order valence-electron chi connectivity index (χ2n) is 4.46. The molecule has 1 fully saturated rings. The summed E-state index contributed by atoms with van der Waals surface area (Å²) in [5.74, 6) is 0.684. The van der Waals surface area contributed by atoms with Gasteiger partial charge >= 0.3 is 0 Å². The minimum absolute atomic E-state index is 0.00760. The van der Waals surface area contributed by atoms with Gasteiger partial charge in [-0.2, -0.15) is 0 Å². The first-order chi connectivity index (χ1) is 8.67. The summed E-state index contributed by atoms with van der Waals surface area (Å²) in [6.07, 6.45) is 0.00760. The highest BCUT2D eigenvalue weighted by molar-refractivity contribution is 6.32. The Morgan fingerprint density at radius 1 is 1.56 bits per heavy atom. The van der Waals surface area contributed by atoms with E-state index >= 15 is 0 Å². The lowest BCUT2D eigenvalue weighted by Gasteiger charge is -2.39. The first-order valence-corrected chi connectivity index (χ1v) is 6.40. The Bertz CT molecular complexity index is 414. The van der Waals surface area contributed by atoms with E-state index in [1.807, 2.05) is 18.2 Å². The van der Waals surface area contributed by atoms with Crippen LogP contribution in [0.3, 0.4) is 0 Å². The fourth-order valence-electron chi connectivity index (χ4n) is 2.39.